The predicted molar refractivity (Wildman–Crippen MR) is 119 cm³/mol. The number of methoxy groups -OCH3 is 5. The Balaban J connectivity index is 2.05. The van der Waals surface area contributed by atoms with Crippen LogP contribution in [0, 0.1) is 10.1 Å². The third-order valence-electron chi connectivity index (χ3n) is 4.26. The van der Waals surface area contributed by atoms with Crippen LogP contribution in [-0.4, -0.2) is 58.0 Å². The minimum atomic E-state index is -0.609. The van der Waals surface area contributed by atoms with Gasteiger partial charge in [0.2, 0.25) is 11.7 Å². The number of nitro groups is 1. The Bertz CT molecular complexity index is 1020. The van der Waals surface area contributed by atoms with E-state index in [0.29, 0.717) is 10.6 Å². The number of hydrogen-bond acceptors (Lipinski definition) is 10. The normalized spacial score (nSPS) is 10.1. The fraction of sp³-hybridized carbons (Fsp3) is 0.300. The van der Waals surface area contributed by atoms with Crippen molar-refractivity contribution in [1.82, 2.24) is 10.9 Å². The second-order valence-electron chi connectivity index (χ2n) is 6.14. The third-order valence-corrected chi connectivity index (χ3v) is 5.30. The van der Waals surface area contributed by atoms with E-state index < -0.39 is 16.7 Å². The molecule has 178 valence electrons. The number of carbonyl (C=O) groups excluding carboxylic acids is 2. The summed E-state index contributed by atoms with van der Waals surface area (Å²) in [5.41, 5.74) is 4.50. The third kappa shape index (κ3) is 6.10. The molecule has 0 radical (unpaired) electrons. The number of carbonyl (C=O) groups is 2. The number of nitrogens with one attached hydrogen (secondary N) is 2. The molecule has 0 heterocycles. The van der Waals surface area contributed by atoms with E-state index in [1.54, 1.807) is 0 Å². The number of benzene rings is 2. The van der Waals surface area contributed by atoms with Crippen molar-refractivity contribution in [3.63, 3.8) is 0 Å². The highest BCUT2D eigenvalue weighted by atomic mass is 32.2. The molecule has 12 nitrogen and oxygen atoms in total. The summed E-state index contributed by atoms with van der Waals surface area (Å²) in [6.45, 7) is 0. The van der Waals surface area contributed by atoms with Gasteiger partial charge >= 0.3 is 5.69 Å². The lowest BCUT2D eigenvalue weighted by Gasteiger charge is -2.14. The highest BCUT2D eigenvalue weighted by molar-refractivity contribution is 8.00. The second-order valence-corrected chi connectivity index (χ2v) is 7.15. The summed E-state index contributed by atoms with van der Waals surface area (Å²) in [5, 5.41) is 11.1. The van der Waals surface area contributed by atoms with Crippen LogP contribution in [0.3, 0.4) is 0 Å². The standard InChI is InChI=1S/C20H23N3O9S/c1-28-13-9-17(14(29-2)8-12(13)23(26)27)33-10-18(24)21-22-20(25)11-6-15(30-3)19(32-5)16(7-11)31-4/h6-9H,10H2,1-5H3,(H,21,24)(H,22,25). The summed E-state index contributed by atoms with van der Waals surface area (Å²) in [5.74, 6) is -0.133. The molecule has 2 N–H and O–H groups in total. The number of nitro benzene ring substituents is 1. The molecular weight excluding hydrogens is 458 g/mol. The van der Waals surface area contributed by atoms with Crippen molar-refractivity contribution in [3.8, 4) is 28.7 Å². The van der Waals surface area contributed by atoms with Crippen LogP contribution in [0.25, 0.3) is 0 Å². The van der Waals surface area contributed by atoms with Crippen LogP contribution in [0.5, 0.6) is 28.7 Å². The molecule has 0 aliphatic carbocycles. The van der Waals surface area contributed by atoms with Crippen molar-refractivity contribution in [2.24, 2.45) is 0 Å². The van der Waals surface area contributed by atoms with E-state index in [2.05, 4.69) is 10.9 Å². The molecule has 0 fully saturated rings. The molecule has 0 saturated heterocycles. The number of thioether (sulfide) groups is 1. The monoisotopic (exact) mass is 481 g/mol. The molecule has 13 heteroatoms. The SMILES string of the molecule is COc1cc([N+](=O)[O-])c(OC)cc1SCC(=O)NNC(=O)c1cc(OC)c(OC)c(OC)c1. The van der Waals surface area contributed by atoms with Gasteiger partial charge in [-0.3, -0.25) is 30.6 Å². The molecule has 0 atom stereocenters. The molecule has 2 aromatic rings. The largest absolute Gasteiger partial charge is 0.495 e. The van der Waals surface area contributed by atoms with Gasteiger partial charge in [0.1, 0.15) is 5.75 Å². The van der Waals surface area contributed by atoms with Crippen LogP contribution < -0.4 is 34.5 Å². The van der Waals surface area contributed by atoms with Crippen molar-refractivity contribution >= 4 is 29.3 Å². The molecule has 0 spiro atoms. The molecule has 2 aromatic carbocycles. The Labute approximate surface area is 193 Å². The summed E-state index contributed by atoms with van der Waals surface area (Å²) in [6, 6.07) is 5.49. The lowest BCUT2D eigenvalue weighted by molar-refractivity contribution is -0.385. The average Bonchev–Trinajstić information content (AvgIpc) is 2.83. The van der Waals surface area contributed by atoms with Crippen LogP contribution in [-0.2, 0) is 4.79 Å². The zero-order chi connectivity index (χ0) is 24.5. The first-order valence-corrected chi connectivity index (χ1v) is 10.2. The lowest BCUT2D eigenvalue weighted by atomic mass is 10.1. The summed E-state index contributed by atoms with van der Waals surface area (Å²) < 4.78 is 25.8. The zero-order valence-corrected chi connectivity index (χ0v) is 19.4. The number of ether oxygens (including phenoxy) is 5. The quantitative estimate of drug-likeness (QED) is 0.294. The van der Waals surface area contributed by atoms with Gasteiger partial charge in [-0.2, -0.15) is 0 Å². The van der Waals surface area contributed by atoms with Crippen molar-refractivity contribution in [3.05, 3.63) is 39.9 Å². The topological polar surface area (TPSA) is 147 Å². The smallest absolute Gasteiger partial charge is 0.314 e. The second kappa shape index (κ2) is 11.7. The molecule has 0 aliphatic rings. The van der Waals surface area contributed by atoms with Crippen molar-refractivity contribution in [1.29, 1.82) is 0 Å². The van der Waals surface area contributed by atoms with Crippen molar-refractivity contribution in [2.45, 2.75) is 4.90 Å². The van der Waals surface area contributed by atoms with E-state index in [4.69, 9.17) is 23.7 Å². The molecule has 0 saturated carbocycles. The van der Waals surface area contributed by atoms with Gasteiger partial charge < -0.3 is 23.7 Å². The lowest BCUT2D eigenvalue weighted by Crippen LogP contribution is -2.42. The van der Waals surface area contributed by atoms with Gasteiger partial charge in [0.15, 0.2) is 17.2 Å². The fourth-order valence-corrected chi connectivity index (χ4v) is 3.53. The van der Waals surface area contributed by atoms with Gasteiger partial charge in [0, 0.05) is 11.6 Å². The van der Waals surface area contributed by atoms with Crippen LogP contribution >= 0.6 is 11.8 Å². The van der Waals surface area contributed by atoms with Gasteiger partial charge in [-0.05, 0) is 12.1 Å². The number of hydrogen-bond donors (Lipinski definition) is 2. The Morgan fingerprint density at radius 1 is 0.848 bits per heavy atom. The van der Waals surface area contributed by atoms with Gasteiger partial charge in [-0.25, -0.2) is 0 Å². The maximum absolute atomic E-state index is 12.5. The number of hydrazine groups is 1. The van der Waals surface area contributed by atoms with E-state index in [-0.39, 0.29) is 40.0 Å². The maximum atomic E-state index is 12.5. The number of rotatable bonds is 10. The molecule has 0 aromatic heterocycles. The van der Waals surface area contributed by atoms with Gasteiger partial charge in [-0.15, -0.1) is 11.8 Å². The first-order chi connectivity index (χ1) is 15.8. The van der Waals surface area contributed by atoms with Crippen LogP contribution in [0.15, 0.2) is 29.2 Å². The molecule has 2 amide bonds. The fourth-order valence-electron chi connectivity index (χ4n) is 2.70. The summed E-state index contributed by atoms with van der Waals surface area (Å²) in [6.07, 6.45) is 0. The number of nitrogens with zero attached hydrogens (tertiary/aromatic N) is 1. The minimum absolute atomic E-state index is 0.0272. The first-order valence-electron chi connectivity index (χ1n) is 9.21. The average molecular weight is 481 g/mol. The van der Waals surface area contributed by atoms with E-state index in [1.165, 1.54) is 59.8 Å². The highest BCUT2D eigenvalue weighted by Gasteiger charge is 2.21. The molecule has 33 heavy (non-hydrogen) atoms. The van der Waals surface area contributed by atoms with Gasteiger partial charge in [0.05, 0.1) is 57.2 Å². The van der Waals surface area contributed by atoms with E-state index in [1.807, 2.05) is 0 Å². The van der Waals surface area contributed by atoms with E-state index in [0.717, 1.165) is 11.8 Å². The van der Waals surface area contributed by atoms with Gasteiger partial charge in [-0.1, -0.05) is 0 Å². The minimum Gasteiger partial charge on any atom is -0.495 e. The molecule has 0 aliphatic heterocycles. The molecular formula is C20H23N3O9S. The summed E-state index contributed by atoms with van der Waals surface area (Å²) in [7, 11) is 6.92. The molecule has 0 bridgehead atoms. The summed E-state index contributed by atoms with van der Waals surface area (Å²) in [4.78, 5) is 35.7. The number of amides is 2. The van der Waals surface area contributed by atoms with Gasteiger partial charge in [0.25, 0.3) is 5.91 Å². The van der Waals surface area contributed by atoms with E-state index >= 15 is 0 Å². The Kier molecular flexibility index (Phi) is 8.98. The molecule has 2 rings (SSSR count). The molecule has 0 unspecified atom stereocenters. The van der Waals surface area contributed by atoms with Crippen molar-refractivity contribution in [2.75, 3.05) is 41.3 Å². The first kappa shape index (κ1) is 25.4. The van der Waals surface area contributed by atoms with Crippen LogP contribution in [0.4, 0.5) is 5.69 Å². The summed E-state index contributed by atoms with van der Waals surface area (Å²) >= 11 is 1.05. The zero-order valence-electron chi connectivity index (χ0n) is 18.5. The highest BCUT2D eigenvalue weighted by Crippen LogP contribution is 2.40. The van der Waals surface area contributed by atoms with Crippen LogP contribution in [0.2, 0.25) is 0 Å². The Morgan fingerprint density at radius 3 is 1.91 bits per heavy atom. The Morgan fingerprint density at radius 2 is 1.42 bits per heavy atom. The van der Waals surface area contributed by atoms with E-state index in [9.17, 15) is 19.7 Å². The van der Waals surface area contributed by atoms with Crippen LogP contribution in [0.1, 0.15) is 10.4 Å². The van der Waals surface area contributed by atoms with Crippen molar-refractivity contribution < 1.29 is 38.2 Å². The predicted octanol–water partition coefficient (Wildman–Crippen LogP) is 2.19. The maximum Gasteiger partial charge on any atom is 0.314 e. The Hall–Kier alpha value is -3.87.